The highest BCUT2D eigenvalue weighted by Crippen LogP contribution is 2.38. The number of rotatable bonds is 10. The quantitative estimate of drug-likeness (QED) is 0.203. The molecular formula is C26H23ClN6O3S. The maximum atomic E-state index is 11.8. The summed E-state index contributed by atoms with van der Waals surface area (Å²) in [5.74, 6) is 0.866. The van der Waals surface area contributed by atoms with Crippen LogP contribution in [-0.4, -0.2) is 37.7 Å². The molecule has 0 atom stereocenters. The number of benzene rings is 1. The third kappa shape index (κ3) is 5.87. The molecule has 4 heterocycles. The van der Waals surface area contributed by atoms with Crippen LogP contribution in [0.4, 0.5) is 10.9 Å². The van der Waals surface area contributed by atoms with Gasteiger partial charge in [-0.2, -0.15) is 5.10 Å². The van der Waals surface area contributed by atoms with Crippen LogP contribution in [0.3, 0.4) is 0 Å². The van der Waals surface area contributed by atoms with Crippen LogP contribution in [0.2, 0.25) is 5.02 Å². The first kappa shape index (κ1) is 24.7. The van der Waals surface area contributed by atoms with E-state index in [4.69, 9.17) is 21.1 Å². The molecule has 0 aliphatic carbocycles. The number of pyridine rings is 2. The number of halogens is 1. The zero-order valence-corrected chi connectivity index (χ0v) is 21.5. The zero-order chi connectivity index (χ0) is 25.6. The van der Waals surface area contributed by atoms with Crippen molar-refractivity contribution in [1.29, 1.82) is 0 Å². The Morgan fingerprint density at radius 3 is 2.84 bits per heavy atom. The van der Waals surface area contributed by atoms with Crippen molar-refractivity contribution in [3.8, 4) is 22.1 Å². The van der Waals surface area contributed by atoms with E-state index in [1.165, 1.54) is 17.5 Å². The lowest BCUT2D eigenvalue weighted by Gasteiger charge is -2.11. The summed E-state index contributed by atoms with van der Waals surface area (Å²) in [6.45, 7) is 2.35. The smallest absolute Gasteiger partial charge is 0.312 e. The first-order valence-corrected chi connectivity index (χ1v) is 12.9. The number of aromatic nitrogens is 5. The Bertz CT molecular complexity index is 1520. The zero-order valence-electron chi connectivity index (χ0n) is 19.9. The Hall–Kier alpha value is -4.02. The minimum Gasteiger partial charge on any atom is -0.491 e. The summed E-state index contributed by atoms with van der Waals surface area (Å²) in [5.41, 5.74) is 3.06. The van der Waals surface area contributed by atoms with Gasteiger partial charge in [-0.3, -0.25) is 19.9 Å². The molecule has 0 aliphatic heterocycles. The van der Waals surface area contributed by atoms with Crippen LogP contribution < -0.4 is 14.8 Å². The molecule has 0 fully saturated rings. The summed E-state index contributed by atoms with van der Waals surface area (Å²) in [4.78, 5) is 24.9. The molecule has 188 valence electrons. The number of hydrogen-bond acceptors (Lipinski definition) is 9. The molecule has 0 radical (unpaired) electrons. The van der Waals surface area contributed by atoms with Gasteiger partial charge < -0.3 is 14.8 Å². The molecule has 0 bridgehead atoms. The summed E-state index contributed by atoms with van der Waals surface area (Å²) < 4.78 is 11.5. The van der Waals surface area contributed by atoms with Crippen LogP contribution in [0.1, 0.15) is 25.5 Å². The van der Waals surface area contributed by atoms with Crippen molar-refractivity contribution in [2.24, 2.45) is 0 Å². The second-order valence-corrected chi connectivity index (χ2v) is 9.46. The molecule has 37 heavy (non-hydrogen) atoms. The molecule has 0 saturated carbocycles. The Kier molecular flexibility index (Phi) is 7.57. The molecular weight excluding hydrogens is 512 g/mol. The van der Waals surface area contributed by atoms with E-state index < -0.39 is 0 Å². The van der Waals surface area contributed by atoms with Crippen molar-refractivity contribution in [3.63, 3.8) is 0 Å². The molecule has 11 heteroatoms. The first-order chi connectivity index (χ1) is 18.1. The standard InChI is InChI=1S/C26H23ClN6O3S/c1-2-6-21(34)36-22-15-30-26(37-22)31-25-18-13-16(23-19(27)8-5-11-29-23)14-20(24(18)32-33-25)35-12-9-17-7-3-4-10-28-17/h3-5,7-8,10-11,13-15H,2,6,9,12H2,1H3,(H2,30,31,32,33). The van der Waals surface area contributed by atoms with Crippen LogP contribution in [0.25, 0.3) is 22.2 Å². The first-order valence-electron chi connectivity index (χ1n) is 11.7. The molecule has 5 rings (SSSR count). The van der Waals surface area contributed by atoms with Crippen molar-refractivity contribution in [3.05, 3.63) is 71.8 Å². The SMILES string of the molecule is CCCC(=O)Oc1cnc(Nc2n[nH]c3c(OCCc4ccccn4)cc(-c4ncccc4Cl)cc23)s1. The number of carbonyl (C=O) groups excluding carboxylic acids is 1. The Balaban J connectivity index is 1.45. The molecule has 5 aromatic rings. The second kappa shape index (κ2) is 11.4. The predicted octanol–water partition coefficient (Wildman–Crippen LogP) is 6.20. The molecule has 0 aliphatic rings. The van der Waals surface area contributed by atoms with Gasteiger partial charge in [-0.25, -0.2) is 4.98 Å². The Labute approximate surface area is 221 Å². The number of fused-ring (bicyclic) bond motifs is 1. The second-order valence-electron chi connectivity index (χ2n) is 8.06. The van der Waals surface area contributed by atoms with Crippen LogP contribution in [0.5, 0.6) is 10.8 Å². The van der Waals surface area contributed by atoms with Gasteiger partial charge in [0.05, 0.1) is 23.5 Å². The lowest BCUT2D eigenvalue weighted by Crippen LogP contribution is -2.05. The highest BCUT2D eigenvalue weighted by atomic mass is 35.5. The fourth-order valence-corrected chi connectivity index (χ4v) is 4.59. The van der Waals surface area contributed by atoms with E-state index in [2.05, 4.69) is 30.5 Å². The van der Waals surface area contributed by atoms with Crippen molar-refractivity contribution < 1.29 is 14.3 Å². The third-order valence-electron chi connectivity index (χ3n) is 5.39. The van der Waals surface area contributed by atoms with Crippen LogP contribution in [0, 0.1) is 0 Å². The number of ether oxygens (including phenoxy) is 2. The van der Waals surface area contributed by atoms with Gasteiger partial charge in [-0.15, -0.1) is 0 Å². The molecule has 0 spiro atoms. The highest BCUT2D eigenvalue weighted by molar-refractivity contribution is 7.17. The number of carbonyl (C=O) groups is 1. The minimum absolute atomic E-state index is 0.285. The maximum Gasteiger partial charge on any atom is 0.312 e. The lowest BCUT2D eigenvalue weighted by molar-refractivity contribution is -0.134. The number of aromatic amines is 1. The number of hydrogen-bond donors (Lipinski definition) is 2. The fourth-order valence-electron chi connectivity index (χ4n) is 3.68. The highest BCUT2D eigenvalue weighted by Gasteiger charge is 2.17. The van der Waals surface area contributed by atoms with Crippen molar-refractivity contribution in [2.75, 3.05) is 11.9 Å². The maximum absolute atomic E-state index is 11.8. The van der Waals surface area contributed by atoms with Gasteiger partial charge in [0.2, 0.25) is 5.06 Å². The number of esters is 1. The van der Waals surface area contributed by atoms with Crippen LogP contribution in [0.15, 0.2) is 61.1 Å². The summed E-state index contributed by atoms with van der Waals surface area (Å²) in [5, 5.41) is 13.0. The lowest BCUT2D eigenvalue weighted by atomic mass is 10.1. The average Bonchev–Trinajstić information content (AvgIpc) is 3.52. The number of thiazole rings is 1. The topological polar surface area (TPSA) is 115 Å². The Morgan fingerprint density at radius 1 is 1.14 bits per heavy atom. The van der Waals surface area contributed by atoms with Crippen LogP contribution >= 0.6 is 22.9 Å². The minimum atomic E-state index is -0.285. The predicted molar refractivity (Wildman–Crippen MR) is 144 cm³/mol. The Morgan fingerprint density at radius 2 is 2.03 bits per heavy atom. The number of nitrogens with one attached hydrogen (secondary N) is 2. The van der Waals surface area contributed by atoms with Gasteiger partial charge >= 0.3 is 5.97 Å². The van der Waals surface area contributed by atoms with Gasteiger partial charge in [0.25, 0.3) is 0 Å². The molecule has 0 saturated heterocycles. The number of anilines is 2. The monoisotopic (exact) mass is 534 g/mol. The van der Waals surface area contributed by atoms with Gasteiger partial charge in [-0.1, -0.05) is 35.9 Å². The van der Waals surface area contributed by atoms with Crippen molar-refractivity contribution in [1.82, 2.24) is 25.1 Å². The van der Waals surface area contributed by atoms with E-state index in [0.29, 0.717) is 57.4 Å². The third-order valence-corrected chi connectivity index (χ3v) is 6.48. The van der Waals surface area contributed by atoms with E-state index in [1.807, 2.05) is 37.3 Å². The molecule has 4 aromatic heterocycles. The summed E-state index contributed by atoms with van der Waals surface area (Å²) in [6, 6.07) is 13.2. The van der Waals surface area contributed by atoms with E-state index in [0.717, 1.165) is 23.1 Å². The summed E-state index contributed by atoms with van der Waals surface area (Å²) in [7, 11) is 0. The van der Waals surface area contributed by atoms with Gasteiger partial charge in [0.1, 0.15) is 11.3 Å². The molecule has 2 N–H and O–H groups in total. The van der Waals surface area contributed by atoms with Gasteiger partial charge in [0.15, 0.2) is 10.9 Å². The molecule has 1 aromatic carbocycles. The summed E-state index contributed by atoms with van der Waals surface area (Å²) in [6.07, 6.45) is 6.69. The normalized spacial score (nSPS) is 11.0. The number of nitrogens with zero attached hydrogens (tertiary/aromatic N) is 4. The average molecular weight is 535 g/mol. The molecule has 0 unspecified atom stereocenters. The van der Waals surface area contributed by atoms with E-state index in [9.17, 15) is 4.79 Å². The van der Waals surface area contributed by atoms with Crippen LogP contribution in [-0.2, 0) is 11.2 Å². The van der Waals surface area contributed by atoms with E-state index >= 15 is 0 Å². The molecule has 9 nitrogen and oxygen atoms in total. The van der Waals surface area contributed by atoms with Crippen molar-refractivity contribution in [2.45, 2.75) is 26.2 Å². The molecule has 0 amide bonds. The van der Waals surface area contributed by atoms with Crippen molar-refractivity contribution >= 4 is 50.8 Å². The van der Waals surface area contributed by atoms with E-state index in [-0.39, 0.29) is 5.97 Å². The van der Waals surface area contributed by atoms with Gasteiger partial charge in [0, 0.05) is 41.9 Å². The summed E-state index contributed by atoms with van der Waals surface area (Å²) >= 11 is 7.68. The van der Waals surface area contributed by atoms with E-state index in [1.54, 1.807) is 24.5 Å². The fraction of sp³-hybridized carbons (Fsp3) is 0.192. The number of H-pyrrole nitrogens is 1. The largest absolute Gasteiger partial charge is 0.491 e. The van der Waals surface area contributed by atoms with Gasteiger partial charge in [-0.05, 0) is 42.8 Å².